The highest BCUT2D eigenvalue weighted by Crippen LogP contribution is 2.36. The van der Waals surface area contributed by atoms with Gasteiger partial charge in [-0.2, -0.15) is 0 Å². The summed E-state index contributed by atoms with van der Waals surface area (Å²) >= 11 is 0. The molecule has 22 heavy (non-hydrogen) atoms. The third kappa shape index (κ3) is 2.98. The van der Waals surface area contributed by atoms with E-state index >= 15 is 0 Å². The fourth-order valence-electron chi connectivity index (χ4n) is 2.30. The van der Waals surface area contributed by atoms with E-state index in [4.69, 9.17) is 26.4 Å². The number of Topliss-reactive ketones (excluding diaryl/α,β-unsaturated/α-hetero) is 1. The third-order valence-corrected chi connectivity index (χ3v) is 3.71. The molecule has 11 nitrogen and oxygen atoms in total. The minimum atomic E-state index is -2.93. The standard InChI is InChI=1S/C11H20N2O9/c12-2-6(17)11(13)5(16)1-10(21,9(19)20)22-8(11)7(18)4(15)3-14/h4-5,7-8,14-16,18,21H,1-3,12-13H2,(H,19,20)/t4-,5+,7-,8+,10+,11+/m1/s1. The van der Waals surface area contributed by atoms with Crippen LogP contribution in [0, 0.1) is 0 Å². The molecule has 1 aliphatic rings. The van der Waals surface area contributed by atoms with Gasteiger partial charge in [0.25, 0.3) is 5.79 Å². The minimum Gasteiger partial charge on any atom is -0.477 e. The van der Waals surface area contributed by atoms with Gasteiger partial charge in [-0.05, 0) is 0 Å². The summed E-state index contributed by atoms with van der Waals surface area (Å²) in [5.74, 6) is -5.80. The van der Waals surface area contributed by atoms with Crippen molar-refractivity contribution in [1.82, 2.24) is 0 Å². The second kappa shape index (κ2) is 6.52. The molecule has 0 spiro atoms. The van der Waals surface area contributed by atoms with Crippen LogP contribution < -0.4 is 11.5 Å². The molecule has 0 aromatic carbocycles. The number of hydrogen-bond donors (Lipinski definition) is 8. The summed E-state index contributed by atoms with van der Waals surface area (Å²) in [5.41, 5.74) is 8.57. The molecule has 1 saturated heterocycles. The van der Waals surface area contributed by atoms with E-state index in [1.807, 2.05) is 0 Å². The van der Waals surface area contributed by atoms with Gasteiger partial charge in [0.2, 0.25) is 0 Å². The Morgan fingerprint density at radius 2 is 1.91 bits per heavy atom. The van der Waals surface area contributed by atoms with E-state index in [1.54, 1.807) is 0 Å². The molecule has 0 amide bonds. The first kappa shape index (κ1) is 18.9. The Labute approximate surface area is 124 Å². The summed E-state index contributed by atoms with van der Waals surface area (Å²) in [6, 6.07) is 0. The van der Waals surface area contributed by atoms with E-state index in [2.05, 4.69) is 0 Å². The van der Waals surface area contributed by atoms with Gasteiger partial charge < -0.3 is 46.8 Å². The Morgan fingerprint density at radius 3 is 2.32 bits per heavy atom. The number of carbonyl (C=O) groups excluding carboxylic acids is 1. The van der Waals surface area contributed by atoms with E-state index in [0.29, 0.717) is 0 Å². The molecule has 128 valence electrons. The number of carbonyl (C=O) groups is 2. The lowest BCUT2D eigenvalue weighted by Crippen LogP contribution is -2.77. The molecule has 0 aliphatic carbocycles. The lowest BCUT2D eigenvalue weighted by Gasteiger charge is -2.49. The number of rotatable bonds is 6. The molecule has 11 heteroatoms. The van der Waals surface area contributed by atoms with Crippen molar-refractivity contribution in [2.75, 3.05) is 13.2 Å². The molecule has 6 atom stereocenters. The van der Waals surface area contributed by atoms with Gasteiger partial charge in [0, 0.05) is 6.42 Å². The molecule has 0 aromatic rings. The van der Waals surface area contributed by atoms with Gasteiger partial charge in [0.15, 0.2) is 5.78 Å². The van der Waals surface area contributed by atoms with Crippen LogP contribution in [0.1, 0.15) is 6.42 Å². The Bertz CT molecular complexity index is 447. The topological polar surface area (TPSA) is 217 Å². The predicted molar refractivity (Wildman–Crippen MR) is 68.2 cm³/mol. The number of carboxylic acid groups (broad SMARTS) is 1. The average molecular weight is 324 g/mol. The van der Waals surface area contributed by atoms with Gasteiger partial charge in [0.1, 0.15) is 23.9 Å². The summed E-state index contributed by atoms with van der Waals surface area (Å²) in [5, 5.41) is 57.1. The fraction of sp³-hybridized carbons (Fsp3) is 0.818. The molecule has 0 radical (unpaired) electrons. The molecule has 1 heterocycles. The van der Waals surface area contributed by atoms with Crippen LogP contribution >= 0.6 is 0 Å². The van der Waals surface area contributed by atoms with Crippen LogP contribution in [-0.4, -0.2) is 91.3 Å². The van der Waals surface area contributed by atoms with Gasteiger partial charge in [0.05, 0.1) is 19.3 Å². The first-order valence-corrected chi connectivity index (χ1v) is 6.35. The van der Waals surface area contributed by atoms with Crippen molar-refractivity contribution in [3.05, 3.63) is 0 Å². The zero-order valence-electron chi connectivity index (χ0n) is 11.5. The van der Waals surface area contributed by atoms with Crippen LogP contribution in [0.3, 0.4) is 0 Å². The quantitative estimate of drug-likeness (QED) is 0.231. The first-order valence-electron chi connectivity index (χ1n) is 6.35. The maximum absolute atomic E-state index is 11.9. The molecule has 1 fully saturated rings. The molecule has 0 saturated carbocycles. The predicted octanol–water partition coefficient (Wildman–Crippen LogP) is -5.15. The third-order valence-electron chi connectivity index (χ3n) is 3.71. The van der Waals surface area contributed by atoms with Crippen molar-refractivity contribution in [1.29, 1.82) is 0 Å². The molecule has 1 rings (SSSR count). The van der Waals surface area contributed by atoms with Crippen LogP contribution in [0.15, 0.2) is 0 Å². The second-order valence-corrected chi connectivity index (χ2v) is 5.15. The number of nitrogens with two attached hydrogens (primary N) is 2. The maximum atomic E-state index is 11.9. The van der Waals surface area contributed by atoms with Gasteiger partial charge >= 0.3 is 5.97 Å². The average Bonchev–Trinajstić information content (AvgIpc) is 2.48. The first-order chi connectivity index (χ1) is 10.0. The molecule has 10 N–H and O–H groups in total. The maximum Gasteiger partial charge on any atom is 0.364 e. The SMILES string of the molecule is NCC(=O)[C@@]1(N)[C@@H](O)C[C@@](O)(C(=O)O)O[C@H]1[C@H](O)[C@H](O)CO. The van der Waals surface area contributed by atoms with Crippen molar-refractivity contribution in [3.63, 3.8) is 0 Å². The number of carboxylic acids is 1. The second-order valence-electron chi connectivity index (χ2n) is 5.15. The zero-order chi connectivity index (χ0) is 17.3. The van der Waals surface area contributed by atoms with E-state index in [1.165, 1.54) is 0 Å². The summed E-state index contributed by atoms with van der Waals surface area (Å²) in [6.07, 6.45) is -8.82. The highest BCUT2D eigenvalue weighted by atomic mass is 16.7. The van der Waals surface area contributed by atoms with Crippen LogP contribution in [0.4, 0.5) is 0 Å². The highest BCUT2D eigenvalue weighted by Gasteiger charge is 2.62. The summed E-state index contributed by atoms with van der Waals surface area (Å²) in [6.45, 7) is -1.63. The Kier molecular flexibility index (Phi) is 5.59. The van der Waals surface area contributed by atoms with Gasteiger partial charge in [-0.3, -0.25) is 4.79 Å². The number of ether oxygens (including phenoxy) is 1. The lowest BCUT2D eigenvalue weighted by molar-refractivity contribution is -0.303. The van der Waals surface area contributed by atoms with E-state index in [-0.39, 0.29) is 0 Å². The van der Waals surface area contributed by atoms with E-state index in [0.717, 1.165) is 0 Å². The minimum absolute atomic E-state index is 0.666. The molecule has 0 bridgehead atoms. The number of aliphatic hydroxyl groups is 5. The van der Waals surface area contributed by atoms with Crippen molar-refractivity contribution in [2.24, 2.45) is 11.5 Å². The van der Waals surface area contributed by atoms with Gasteiger partial charge in [-0.15, -0.1) is 0 Å². The molecule has 0 unspecified atom stereocenters. The molecular formula is C11H20N2O9. The highest BCUT2D eigenvalue weighted by molar-refractivity contribution is 5.92. The largest absolute Gasteiger partial charge is 0.477 e. The Balaban J connectivity index is 3.31. The Hall–Kier alpha value is -1.18. The number of aliphatic carboxylic acids is 1. The van der Waals surface area contributed by atoms with Crippen molar-refractivity contribution >= 4 is 11.8 Å². The van der Waals surface area contributed by atoms with Crippen LogP contribution in [0.2, 0.25) is 0 Å². The van der Waals surface area contributed by atoms with Gasteiger partial charge in [-0.25, -0.2) is 4.79 Å². The molecule has 1 aliphatic heterocycles. The summed E-state index contributed by atoms with van der Waals surface area (Å²) in [7, 11) is 0. The monoisotopic (exact) mass is 324 g/mol. The molecular weight excluding hydrogens is 304 g/mol. The number of aliphatic hydroxyl groups excluding tert-OH is 4. The van der Waals surface area contributed by atoms with Crippen LogP contribution in [0.25, 0.3) is 0 Å². The number of ketones is 1. The Morgan fingerprint density at radius 1 is 1.36 bits per heavy atom. The van der Waals surface area contributed by atoms with E-state index in [9.17, 15) is 30.0 Å². The summed E-state index contributed by atoms with van der Waals surface area (Å²) < 4.78 is 4.80. The smallest absolute Gasteiger partial charge is 0.364 e. The summed E-state index contributed by atoms with van der Waals surface area (Å²) in [4.78, 5) is 23.0. The van der Waals surface area contributed by atoms with Gasteiger partial charge in [-0.1, -0.05) is 0 Å². The number of hydrogen-bond acceptors (Lipinski definition) is 10. The zero-order valence-corrected chi connectivity index (χ0v) is 11.5. The van der Waals surface area contributed by atoms with Crippen LogP contribution in [0.5, 0.6) is 0 Å². The van der Waals surface area contributed by atoms with Crippen LogP contribution in [-0.2, 0) is 14.3 Å². The van der Waals surface area contributed by atoms with Crippen molar-refractivity contribution in [3.8, 4) is 0 Å². The van der Waals surface area contributed by atoms with E-state index < -0.39 is 67.1 Å². The molecule has 0 aromatic heterocycles. The van der Waals surface area contributed by atoms with Crippen molar-refractivity contribution in [2.45, 2.75) is 42.2 Å². The van der Waals surface area contributed by atoms with Crippen molar-refractivity contribution < 1.29 is 45.0 Å². The fourth-order valence-corrected chi connectivity index (χ4v) is 2.30. The lowest BCUT2D eigenvalue weighted by atomic mass is 9.74. The normalized spacial score (nSPS) is 38.3.